The van der Waals surface area contributed by atoms with Gasteiger partial charge in [0, 0.05) is 0 Å². The predicted octanol–water partition coefficient (Wildman–Crippen LogP) is 0.933. The van der Waals surface area contributed by atoms with E-state index in [1.54, 1.807) is 0 Å². The van der Waals surface area contributed by atoms with Crippen LogP contribution in [0.1, 0.15) is 27.7 Å². The van der Waals surface area contributed by atoms with Gasteiger partial charge in [-0.25, -0.2) is 5.39 Å². The molecule has 0 aliphatic heterocycles. The van der Waals surface area contributed by atoms with Crippen LogP contribution >= 0.6 is 11.9 Å². The third-order valence-corrected chi connectivity index (χ3v) is 1.57. The second kappa shape index (κ2) is 6.74. The fourth-order valence-electron chi connectivity index (χ4n) is 0.394. The van der Waals surface area contributed by atoms with E-state index in [0.717, 1.165) is 0 Å². The third kappa shape index (κ3) is 8.35. The molecule has 0 atom stereocenters. The highest BCUT2D eigenvalue weighted by Gasteiger charge is 2.12. The van der Waals surface area contributed by atoms with E-state index in [4.69, 9.17) is 14.7 Å². The minimum atomic E-state index is -0.338. The van der Waals surface area contributed by atoms with Crippen molar-refractivity contribution in [1.29, 1.82) is 0 Å². The Balaban J connectivity index is 3.27. The Bertz CT molecular complexity index is 104. The van der Waals surface area contributed by atoms with Crippen molar-refractivity contribution in [1.82, 2.24) is 5.39 Å². The summed E-state index contributed by atoms with van der Waals surface area (Å²) in [6.45, 7) is 7.74. The van der Waals surface area contributed by atoms with E-state index in [9.17, 15) is 0 Å². The maximum Gasteiger partial charge on any atom is 0.427 e. The first-order valence-corrected chi connectivity index (χ1v) is 4.81. The summed E-state index contributed by atoms with van der Waals surface area (Å²) < 4.78 is 5.19. The second-order valence-electron chi connectivity index (χ2n) is 2.95. The van der Waals surface area contributed by atoms with Gasteiger partial charge >= 0.3 is 6.26 Å². The van der Waals surface area contributed by atoms with Gasteiger partial charge in [-0.2, -0.15) is 0 Å². The Labute approximate surface area is 78.7 Å². The molecule has 0 aliphatic carbocycles. The standard InChI is InChI=1S/C6H17BN2O2S/c1-5(2)10-9-7(8)12-11-6(3)4/h5-6,9H,8H2,1-4H3. The van der Waals surface area contributed by atoms with Crippen molar-refractivity contribution in [3.8, 4) is 0 Å². The van der Waals surface area contributed by atoms with Crippen molar-refractivity contribution in [3.05, 3.63) is 0 Å². The van der Waals surface area contributed by atoms with Crippen molar-refractivity contribution in [2.24, 2.45) is 5.64 Å². The van der Waals surface area contributed by atoms with E-state index in [2.05, 4.69) is 5.39 Å². The smallest absolute Gasteiger partial charge is 0.343 e. The van der Waals surface area contributed by atoms with Crippen molar-refractivity contribution in [2.45, 2.75) is 39.9 Å². The van der Waals surface area contributed by atoms with Crippen LogP contribution in [-0.2, 0) is 9.02 Å². The Kier molecular flexibility index (Phi) is 6.88. The number of nitrogens with one attached hydrogen (secondary N) is 1. The molecule has 0 aliphatic rings. The monoisotopic (exact) mass is 192 g/mol. The molecule has 0 unspecified atom stereocenters. The van der Waals surface area contributed by atoms with Crippen LogP contribution in [0.5, 0.6) is 0 Å². The highest BCUT2D eigenvalue weighted by molar-refractivity contribution is 8.21. The molecule has 0 aromatic carbocycles. The van der Waals surface area contributed by atoms with Crippen LogP contribution in [0.25, 0.3) is 0 Å². The summed E-state index contributed by atoms with van der Waals surface area (Å²) in [6, 6.07) is 0. The lowest BCUT2D eigenvalue weighted by Crippen LogP contribution is -2.41. The van der Waals surface area contributed by atoms with Gasteiger partial charge in [-0.05, 0) is 39.6 Å². The first-order chi connectivity index (χ1) is 5.52. The van der Waals surface area contributed by atoms with E-state index >= 15 is 0 Å². The van der Waals surface area contributed by atoms with Gasteiger partial charge in [0.25, 0.3) is 0 Å². The maximum atomic E-state index is 5.57. The fraction of sp³-hybridized carbons (Fsp3) is 1.00. The van der Waals surface area contributed by atoms with Crippen LogP contribution < -0.4 is 11.0 Å². The molecule has 0 aromatic heterocycles. The molecule has 3 N–H and O–H groups in total. The Hall–Kier alpha value is 0.255. The quantitative estimate of drug-likeness (QED) is 0.372. The van der Waals surface area contributed by atoms with Crippen molar-refractivity contribution in [2.75, 3.05) is 0 Å². The van der Waals surface area contributed by atoms with Crippen molar-refractivity contribution >= 4 is 18.2 Å². The molecule has 0 radical (unpaired) electrons. The molecule has 0 aromatic rings. The summed E-state index contributed by atoms with van der Waals surface area (Å²) in [6.07, 6.45) is -0.0487. The van der Waals surface area contributed by atoms with Gasteiger partial charge in [0.1, 0.15) is 0 Å². The van der Waals surface area contributed by atoms with E-state index in [0.29, 0.717) is 0 Å². The molecule has 0 fully saturated rings. The van der Waals surface area contributed by atoms with E-state index < -0.39 is 0 Å². The number of hydrogen-bond donors (Lipinski definition) is 2. The molecule has 72 valence electrons. The van der Waals surface area contributed by atoms with Crippen molar-refractivity contribution in [3.63, 3.8) is 0 Å². The summed E-state index contributed by atoms with van der Waals surface area (Å²) in [5.74, 6) is 0. The molecule has 4 nitrogen and oxygen atoms in total. The highest BCUT2D eigenvalue weighted by atomic mass is 32.2. The van der Waals surface area contributed by atoms with Crippen LogP contribution in [0.15, 0.2) is 0 Å². The van der Waals surface area contributed by atoms with Crippen LogP contribution in [0.4, 0.5) is 0 Å². The zero-order valence-electron chi connectivity index (χ0n) is 8.03. The van der Waals surface area contributed by atoms with Gasteiger partial charge in [0.05, 0.1) is 12.2 Å². The lowest BCUT2D eigenvalue weighted by molar-refractivity contribution is 0.0385. The summed E-state index contributed by atoms with van der Waals surface area (Å²) >= 11 is 1.17. The lowest BCUT2D eigenvalue weighted by atomic mass is 10.2. The van der Waals surface area contributed by atoms with Gasteiger partial charge in [-0.15, -0.1) is 0 Å². The largest absolute Gasteiger partial charge is 0.427 e. The molecular weight excluding hydrogens is 175 g/mol. The number of rotatable bonds is 6. The fourth-order valence-corrected chi connectivity index (χ4v) is 0.831. The molecule has 0 amide bonds. The zero-order valence-corrected chi connectivity index (χ0v) is 8.85. The molecule has 12 heavy (non-hydrogen) atoms. The molecule has 6 heteroatoms. The summed E-state index contributed by atoms with van der Waals surface area (Å²) in [5.41, 5.74) is 5.57. The summed E-state index contributed by atoms with van der Waals surface area (Å²) in [7, 11) is 0. The second-order valence-corrected chi connectivity index (χ2v) is 3.84. The van der Waals surface area contributed by atoms with Gasteiger partial charge in [-0.3, -0.25) is 0 Å². The molecule has 0 spiro atoms. The van der Waals surface area contributed by atoms with Crippen LogP contribution in [0, 0.1) is 0 Å². The Morgan fingerprint density at radius 2 is 1.83 bits per heavy atom. The molecular formula is C6H17BN2O2S. The highest BCUT2D eigenvalue weighted by Crippen LogP contribution is 2.05. The Morgan fingerprint density at radius 1 is 1.25 bits per heavy atom. The molecule has 0 saturated heterocycles. The minimum Gasteiger partial charge on any atom is -0.343 e. The predicted molar refractivity (Wildman–Crippen MR) is 53.1 cm³/mol. The number of hydrogen-bond acceptors (Lipinski definition) is 5. The first kappa shape index (κ1) is 12.3. The number of nitrogens with two attached hydrogens (primary N) is 1. The van der Waals surface area contributed by atoms with Crippen LogP contribution in [0.2, 0.25) is 0 Å². The summed E-state index contributed by atoms with van der Waals surface area (Å²) in [4.78, 5) is 5.06. The maximum absolute atomic E-state index is 5.57. The third-order valence-electron chi connectivity index (χ3n) is 0.772. The molecule has 0 heterocycles. The minimum absolute atomic E-state index is 0.121. The average molecular weight is 192 g/mol. The zero-order chi connectivity index (χ0) is 9.56. The van der Waals surface area contributed by atoms with Crippen LogP contribution in [-0.4, -0.2) is 18.5 Å². The SMILES string of the molecule is CC(C)ONB(N)SOC(C)C. The van der Waals surface area contributed by atoms with E-state index in [1.165, 1.54) is 11.9 Å². The average Bonchev–Trinajstić information content (AvgIpc) is 1.96. The van der Waals surface area contributed by atoms with Gasteiger partial charge in [-0.1, -0.05) is 0 Å². The van der Waals surface area contributed by atoms with E-state index in [-0.39, 0.29) is 18.5 Å². The van der Waals surface area contributed by atoms with Gasteiger partial charge < -0.3 is 14.7 Å². The lowest BCUT2D eigenvalue weighted by Gasteiger charge is -2.12. The first-order valence-electron chi connectivity index (χ1n) is 4.01. The molecule has 0 bridgehead atoms. The van der Waals surface area contributed by atoms with E-state index in [1.807, 2.05) is 27.7 Å². The molecule has 0 saturated carbocycles. The normalized spacial score (nSPS) is 11.2. The topological polar surface area (TPSA) is 56.5 Å². The summed E-state index contributed by atoms with van der Waals surface area (Å²) in [5, 5.41) is 2.65. The van der Waals surface area contributed by atoms with Crippen molar-refractivity contribution < 1.29 is 9.02 Å². The molecule has 0 rings (SSSR count). The van der Waals surface area contributed by atoms with Gasteiger partial charge in [0.2, 0.25) is 0 Å². The van der Waals surface area contributed by atoms with Crippen LogP contribution in [0.3, 0.4) is 0 Å². The Morgan fingerprint density at radius 3 is 2.25 bits per heavy atom. The van der Waals surface area contributed by atoms with Gasteiger partial charge in [0.15, 0.2) is 0 Å².